The van der Waals surface area contributed by atoms with Crippen LogP contribution in [0.3, 0.4) is 0 Å². The Balaban J connectivity index is 2.14. The molecule has 0 aromatic carbocycles. The molecule has 0 bridgehead atoms. The first-order valence-electron chi connectivity index (χ1n) is 6.41. The molecule has 1 aromatic heterocycles. The lowest BCUT2D eigenvalue weighted by Crippen LogP contribution is -2.30. The number of hydrogen-bond acceptors (Lipinski definition) is 0. The summed E-state index contributed by atoms with van der Waals surface area (Å²) in [6.07, 6.45) is 14.6. The third-order valence-electron chi connectivity index (χ3n) is 2.75. The molecule has 0 amide bonds. The molecule has 0 aliphatic rings. The van der Waals surface area contributed by atoms with Gasteiger partial charge in [0.15, 0.2) is 0 Å². The number of aromatic nitrogens is 2. The minimum absolute atomic E-state index is 1.14. The second-order valence-electron chi connectivity index (χ2n) is 4.30. The zero-order chi connectivity index (χ0) is 10.9. The molecule has 1 rings (SSSR count). The predicted molar refractivity (Wildman–Crippen MR) is 63.7 cm³/mol. The molecule has 0 atom stereocenters. The maximum atomic E-state index is 2.31. The number of rotatable bonds is 8. The van der Waals surface area contributed by atoms with Crippen molar-refractivity contribution in [2.45, 2.75) is 65.5 Å². The van der Waals surface area contributed by atoms with Gasteiger partial charge in [0.05, 0.1) is 13.1 Å². The maximum Gasteiger partial charge on any atom is 0.243 e. The van der Waals surface area contributed by atoms with Gasteiger partial charge in [-0.1, -0.05) is 33.1 Å². The van der Waals surface area contributed by atoms with Crippen molar-refractivity contribution in [3.8, 4) is 0 Å². The summed E-state index contributed by atoms with van der Waals surface area (Å²) < 4.78 is 4.58. The Bertz CT molecular complexity index is 253. The topological polar surface area (TPSA) is 8.81 Å². The predicted octanol–water partition coefficient (Wildman–Crippen LogP) is 3.16. The molecule has 0 aliphatic carbocycles. The summed E-state index contributed by atoms with van der Waals surface area (Å²) in [5.74, 6) is 0. The van der Waals surface area contributed by atoms with Crippen LogP contribution < -0.4 is 4.57 Å². The summed E-state index contributed by atoms with van der Waals surface area (Å²) in [5.41, 5.74) is 0. The van der Waals surface area contributed by atoms with Crippen LogP contribution in [0.15, 0.2) is 18.7 Å². The van der Waals surface area contributed by atoms with Crippen LogP contribution >= 0.6 is 0 Å². The number of nitrogens with zero attached hydrogens (tertiary/aromatic N) is 2. The van der Waals surface area contributed by atoms with Crippen LogP contribution in [0.25, 0.3) is 0 Å². The number of hydrogen-bond donors (Lipinski definition) is 0. The number of imidazole rings is 1. The van der Waals surface area contributed by atoms with Crippen molar-refractivity contribution in [2.75, 3.05) is 0 Å². The SMILES string of the molecule is CCCCCCC[n+]1ccn(CCC)c1. The number of aryl methyl sites for hydroxylation is 2. The Morgan fingerprint density at radius 2 is 1.80 bits per heavy atom. The van der Waals surface area contributed by atoms with Gasteiger partial charge in [0, 0.05) is 0 Å². The second-order valence-corrected chi connectivity index (χ2v) is 4.30. The first-order valence-corrected chi connectivity index (χ1v) is 6.41. The maximum absolute atomic E-state index is 2.31. The molecule has 0 radical (unpaired) electrons. The van der Waals surface area contributed by atoms with E-state index in [0.717, 1.165) is 6.54 Å². The largest absolute Gasteiger partial charge is 0.243 e. The fourth-order valence-corrected chi connectivity index (χ4v) is 1.86. The Labute approximate surface area is 93.9 Å². The first kappa shape index (κ1) is 12.3. The highest BCUT2D eigenvalue weighted by molar-refractivity contribution is 4.65. The smallest absolute Gasteiger partial charge is 0.237 e. The lowest BCUT2D eigenvalue weighted by atomic mass is 10.1. The molecule has 0 unspecified atom stereocenters. The standard InChI is InChI=1S/C13H25N2/c1-3-5-6-7-8-10-15-12-11-14(13-15)9-4-2/h11-13H,3-10H2,1-2H3/q+1. The van der Waals surface area contributed by atoms with E-state index in [2.05, 4.69) is 41.7 Å². The van der Waals surface area contributed by atoms with E-state index >= 15 is 0 Å². The normalized spacial score (nSPS) is 10.8. The van der Waals surface area contributed by atoms with Crippen molar-refractivity contribution < 1.29 is 4.57 Å². The highest BCUT2D eigenvalue weighted by Crippen LogP contribution is 2.01. The van der Waals surface area contributed by atoms with Crippen LogP contribution in [-0.2, 0) is 13.1 Å². The summed E-state index contributed by atoms with van der Waals surface area (Å²) in [4.78, 5) is 0. The molecule has 0 aliphatic heterocycles. The third-order valence-corrected chi connectivity index (χ3v) is 2.75. The lowest BCUT2D eigenvalue weighted by Gasteiger charge is -1.97. The van der Waals surface area contributed by atoms with E-state index in [4.69, 9.17) is 0 Å². The van der Waals surface area contributed by atoms with E-state index < -0.39 is 0 Å². The lowest BCUT2D eigenvalue weighted by molar-refractivity contribution is -0.696. The van der Waals surface area contributed by atoms with Crippen LogP contribution in [0.2, 0.25) is 0 Å². The van der Waals surface area contributed by atoms with E-state index in [1.54, 1.807) is 0 Å². The molecule has 0 saturated heterocycles. The first-order chi connectivity index (χ1) is 7.36. The van der Waals surface area contributed by atoms with Gasteiger partial charge in [-0.2, -0.15) is 0 Å². The van der Waals surface area contributed by atoms with Crippen LogP contribution in [0, 0.1) is 0 Å². The molecule has 2 heteroatoms. The Morgan fingerprint density at radius 3 is 2.53 bits per heavy atom. The molecule has 2 nitrogen and oxygen atoms in total. The fourth-order valence-electron chi connectivity index (χ4n) is 1.86. The van der Waals surface area contributed by atoms with Crippen molar-refractivity contribution >= 4 is 0 Å². The van der Waals surface area contributed by atoms with Gasteiger partial charge in [0.1, 0.15) is 12.4 Å². The summed E-state index contributed by atoms with van der Waals surface area (Å²) in [6.45, 7) is 6.80. The van der Waals surface area contributed by atoms with Gasteiger partial charge < -0.3 is 0 Å². The Kier molecular flexibility index (Phi) is 6.14. The van der Waals surface area contributed by atoms with Crippen molar-refractivity contribution in [2.24, 2.45) is 0 Å². The van der Waals surface area contributed by atoms with E-state index in [0.29, 0.717) is 0 Å². The van der Waals surface area contributed by atoms with Crippen LogP contribution in [0.5, 0.6) is 0 Å². The van der Waals surface area contributed by atoms with Gasteiger partial charge >= 0.3 is 0 Å². The van der Waals surface area contributed by atoms with E-state index in [1.807, 2.05) is 0 Å². The van der Waals surface area contributed by atoms with Crippen molar-refractivity contribution in [1.29, 1.82) is 0 Å². The molecule has 0 spiro atoms. The van der Waals surface area contributed by atoms with Crippen molar-refractivity contribution in [1.82, 2.24) is 4.57 Å². The van der Waals surface area contributed by atoms with Gasteiger partial charge in [-0.25, -0.2) is 9.13 Å². The molecule has 15 heavy (non-hydrogen) atoms. The summed E-state index contributed by atoms with van der Waals surface area (Å²) >= 11 is 0. The number of unbranched alkanes of at least 4 members (excludes halogenated alkanes) is 4. The van der Waals surface area contributed by atoms with Gasteiger partial charge in [0.2, 0.25) is 6.33 Å². The molecule has 86 valence electrons. The Hall–Kier alpha value is -0.790. The van der Waals surface area contributed by atoms with Crippen molar-refractivity contribution in [3.05, 3.63) is 18.7 Å². The quantitative estimate of drug-likeness (QED) is 0.459. The average Bonchev–Trinajstić information content (AvgIpc) is 2.66. The molecule has 0 fully saturated rings. The minimum atomic E-state index is 1.14. The molecule has 1 heterocycles. The van der Waals surface area contributed by atoms with E-state index in [1.165, 1.54) is 45.1 Å². The van der Waals surface area contributed by atoms with Crippen LogP contribution in [0.4, 0.5) is 0 Å². The summed E-state index contributed by atoms with van der Waals surface area (Å²) in [5, 5.41) is 0. The van der Waals surface area contributed by atoms with Gasteiger partial charge in [-0.3, -0.25) is 0 Å². The van der Waals surface area contributed by atoms with Gasteiger partial charge in [-0.15, -0.1) is 0 Å². The summed E-state index contributed by atoms with van der Waals surface area (Å²) in [6, 6.07) is 0. The highest BCUT2D eigenvalue weighted by atomic mass is 15.1. The fraction of sp³-hybridized carbons (Fsp3) is 0.769. The molecular weight excluding hydrogens is 184 g/mol. The zero-order valence-corrected chi connectivity index (χ0v) is 10.3. The van der Waals surface area contributed by atoms with Gasteiger partial charge in [-0.05, 0) is 19.3 Å². The van der Waals surface area contributed by atoms with E-state index in [9.17, 15) is 0 Å². The molecule has 1 aromatic rings. The van der Waals surface area contributed by atoms with Gasteiger partial charge in [0.25, 0.3) is 0 Å². The highest BCUT2D eigenvalue weighted by Gasteiger charge is 2.01. The zero-order valence-electron chi connectivity index (χ0n) is 10.3. The molecule has 0 saturated carbocycles. The minimum Gasteiger partial charge on any atom is -0.237 e. The average molecular weight is 209 g/mol. The van der Waals surface area contributed by atoms with Crippen LogP contribution in [0.1, 0.15) is 52.4 Å². The Morgan fingerprint density at radius 1 is 1.00 bits per heavy atom. The van der Waals surface area contributed by atoms with Crippen molar-refractivity contribution in [3.63, 3.8) is 0 Å². The second kappa shape index (κ2) is 7.49. The van der Waals surface area contributed by atoms with E-state index in [-0.39, 0.29) is 0 Å². The monoisotopic (exact) mass is 209 g/mol. The third kappa shape index (κ3) is 5.01. The summed E-state index contributed by atoms with van der Waals surface area (Å²) in [7, 11) is 0. The molecule has 0 N–H and O–H groups in total. The molecular formula is C13H25N2+. The van der Waals surface area contributed by atoms with Crippen LogP contribution in [-0.4, -0.2) is 4.57 Å².